The first kappa shape index (κ1) is 20.7. The van der Waals surface area contributed by atoms with Crippen molar-refractivity contribution in [2.24, 2.45) is 0 Å². The number of carbonyl (C=O) groups excluding carboxylic acids is 1. The van der Waals surface area contributed by atoms with Gasteiger partial charge in [-0.05, 0) is 43.3 Å². The second-order valence-corrected chi connectivity index (χ2v) is 7.86. The summed E-state index contributed by atoms with van der Waals surface area (Å²) in [6.07, 6.45) is 1.61. The Morgan fingerprint density at radius 1 is 1.23 bits per heavy atom. The normalized spacial score (nSPS) is 10.6. The fraction of sp³-hybridized carbons (Fsp3) is 0.0909. The number of nitriles is 1. The lowest BCUT2D eigenvalue weighted by molar-refractivity contribution is -0.113. The van der Waals surface area contributed by atoms with Crippen LogP contribution in [0.2, 0.25) is 5.02 Å². The number of furan rings is 1. The van der Waals surface area contributed by atoms with Gasteiger partial charge in [0.05, 0.1) is 28.2 Å². The summed E-state index contributed by atoms with van der Waals surface area (Å²) in [5.41, 5.74) is 2.59. The van der Waals surface area contributed by atoms with Crippen LogP contribution >= 0.6 is 23.4 Å². The molecule has 1 N–H and O–H groups in total. The van der Waals surface area contributed by atoms with E-state index in [2.05, 4.69) is 15.5 Å². The number of hydrogen-bond acceptors (Lipinski definition) is 6. The molecule has 0 aliphatic heterocycles. The molecule has 9 heteroatoms. The molecular weight excluding hydrogens is 434 g/mol. The maximum absolute atomic E-state index is 12.5. The number of nitrogens with zero attached hydrogens (tertiary/aromatic N) is 4. The molecule has 0 radical (unpaired) electrons. The van der Waals surface area contributed by atoms with Gasteiger partial charge in [0.25, 0.3) is 0 Å². The maximum atomic E-state index is 12.5. The molecule has 0 bridgehead atoms. The summed E-state index contributed by atoms with van der Waals surface area (Å²) in [4.78, 5) is 12.5. The molecule has 31 heavy (non-hydrogen) atoms. The van der Waals surface area contributed by atoms with E-state index >= 15 is 0 Å². The molecule has 0 spiro atoms. The van der Waals surface area contributed by atoms with E-state index < -0.39 is 0 Å². The van der Waals surface area contributed by atoms with Gasteiger partial charge >= 0.3 is 0 Å². The molecule has 4 aromatic rings. The van der Waals surface area contributed by atoms with Gasteiger partial charge in [-0.15, -0.1) is 10.2 Å². The van der Waals surface area contributed by atoms with E-state index in [1.165, 1.54) is 11.8 Å². The number of benzene rings is 2. The lowest BCUT2D eigenvalue weighted by Gasteiger charge is -2.10. The number of amides is 1. The van der Waals surface area contributed by atoms with Crippen molar-refractivity contribution in [2.75, 3.05) is 11.1 Å². The number of aryl methyl sites for hydroxylation is 1. The number of hydrogen-bond donors (Lipinski definition) is 1. The van der Waals surface area contributed by atoms with Crippen LogP contribution in [0.15, 0.2) is 70.4 Å². The minimum atomic E-state index is -0.227. The van der Waals surface area contributed by atoms with Crippen LogP contribution in [0.1, 0.15) is 11.3 Å². The average molecular weight is 450 g/mol. The number of nitrogens with one attached hydrogen (secondary N) is 1. The quantitative estimate of drug-likeness (QED) is 0.412. The topological polar surface area (TPSA) is 96.7 Å². The van der Waals surface area contributed by atoms with Crippen LogP contribution in [0.4, 0.5) is 5.69 Å². The third-order valence-corrected chi connectivity index (χ3v) is 5.69. The predicted molar refractivity (Wildman–Crippen MR) is 119 cm³/mol. The van der Waals surface area contributed by atoms with E-state index in [9.17, 15) is 4.79 Å². The van der Waals surface area contributed by atoms with Gasteiger partial charge in [0.2, 0.25) is 5.91 Å². The first-order valence-corrected chi connectivity index (χ1v) is 10.6. The summed E-state index contributed by atoms with van der Waals surface area (Å²) in [7, 11) is 0. The number of anilines is 1. The second kappa shape index (κ2) is 9.08. The number of rotatable bonds is 6. The molecule has 2 heterocycles. The molecule has 0 fully saturated rings. The molecule has 7 nitrogen and oxygen atoms in total. The summed E-state index contributed by atoms with van der Waals surface area (Å²) >= 11 is 7.30. The highest BCUT2D eigenvalue weighted by atomic mass is 35.5. The molecule has 0 aliphatic rings. The first-order chi connectivity index (χ1) is 15.1. The predicted octanol–water partition coefficient (Wildman–Crippen LogP) is 5.09. The van der Waals surface area contributed by atoms with Crippen LogP contribution in [0, 0.1) is 18.3 Å². The number of aromatic nitrogens is 3. The molecule has 2 aromatic carbocycles. The van der Waals surface area contributed by atoms with Crippen LogP contribution in [0.5, 0.6) is 0 Å². The summed E-state index contributed by atoms with van der Waals surface area (Å²) in [6, 6.07) is 18.3. The van der Waals surface area contributed by atoms with Crippen molar-refractivity contribution in [1.29, 1.82) is 5.26 Å². The monoisotopic (exact) mass is 449 g/mol. The van der Waals surface area contributed by atoms with E-state index in [4.69, 9.17) is 21.3 Å². The third-order valence-electron chi connectivity index (χ3n) is 4.45. The molecule has 0 saturated heterocycles. The fourth-order valence-electron chi connectivity index (χ4n) is 2.98. The zero-order chi connectivity index (χ0) is 21.8. The fourth-order valence-corrected chi connectivity index (χ4v) is 3.95. The Morgan fingerprint density at radius 2 is 2.03 bits per heavy atom. The Hall–Kier alpha value is -3.54. The van der Waals surface area contributed by atoms with E-state index in [0.717, 1.165) is 17.0 Å². The summed E-state index contributed by atoms with van der Waals surface area (Å²) in [5.74, 6) is 1.26. The molecule has 154 valence electrons. The SMILES string of the molecule is Cc1occc1-c1nnc(SCC(=O)Nc2ccc(C#N)c(Cl)c2)n1-c1ccccc1. The summed E-state index contributed by atoms with van der Waals surface area (Å²) < 4.78 is 7.32. The standard InChI is InChI=1S/C22H16ClN5O2S/c1-14-18(9-10-30-14)21-26-27-22(28(21)17-5-3-2-4-6-17)31-13-20(29)25-16-8-7-15(12-24)19(23)11-16/h2-11H,13H2,1H3,(H,25,29). The number of thioether (sulfide) groups is 1. The highest BCUT2D eigenvalue weighted by Crippen LogP contribution is 2.30. The lowest BCUT2D eigenvalue weighted by Crippen LogP contribution is -2.14. The molecule has 4 rings (SSSR count). The Kier molecular flexibility index (Phi) is 6.07. The van der Waals surface area contributed by atoms with Crippen LogP contribution in [0.25, 0.3) is 17.1 Å². The molecule has 0 aliphatic carbocycles. The van der Waals surface area contributed by atoms with Crippen molar-refractivity contribution in [3.63, 3.8) is 0 Å². The molecule has 0 saturated carbocycles. The highest BCUT2D eigenvalue weighted by Gasteiger charge is 2.19. The van der Waals surface area contributed by atoms with Gasteiger partial charge in [0.1, 0.15) is 11.8 Å². The van der Waals surface area contributed by atoms with E-state index in [-0.39, 0.29) is 16.7 Å². The van der Waals surface area contributed by atoms with Crippen molar-refractivity contribution in [3.8, 4) is 23.1 Å². The first-order valence-electron chi connectivity index (χ1n) is 9.24. The average Bonchev–Trinajstić information content (AvgIpc) is 3.38. The lowest BCUT2D eigenvalue weighted by atomic mass is 10.2. The van der Waals surface area contributed by atoms with E-state index in [1.54, 1.807) is 24.5 Å². The Labute approximate surface area is 187 Å². The summed E-state index contributed by atoms with van der Waals surface area (Å²) in [6.45, 7) is 1.86. The Morgan fingerprint density at radius 3 is 2.71 bits per heavy atom. The van der Waals surface area contributed by atoms with E-state index in [1.807, 2.05) is 54.0 Å². The zero-order valence-electron chi connectivity index (χ0n) is 16.4. The van der Waals surface area contributed by atoms with Crippen LogP contribution in [-0.2, 0) is 4.79 Å². The second-order valence-electron chi connectivity index (χ2n) is 6.51. The van der Waals surface area contributed by atoms with E-state index in [0.29, 0.717) is 22.2 Å². The van der Waals surface area contributed by atoms with Crippen molar-refractivity contribution in [3.05, 3.63) is 77.2 Å². The number of halogens is 1. The van der Waals surface area contributed by atoms with Gasteiger partial charge in [-0.2, -0.15) is 5.26 Å². The van der Waals surface area contributed by atoms with Crippen molar-refractivity contribution >= 4 is 35.0 Å². The van der Waals surface area contributed by atoms with Gasteiger partial charge in [-0.1, -0.05) is 41.6 Å². The van der Waals surface area contributed by atoms with Gasteiger partial charge in [-0.3, -0.25) is 9.36 Å². The minimum Gasteiger partial charge on any atom is -0.469 e. The molecular formula is C22H16ClN5O2S. The van der Waals surface area contributed by atoms with Crippen LogP contribution in [0.3, 0.4) is 0 Å². The van der Waals surface area contributed by atoms with Crippen LogP contribution in [-0.4, -0.2) is 26.4 Å². The highest BCUT2D eigenvalue weighted by molar-refractivity contribution is 7.99. The van der Waals surface area contributed by atoms with Crippen molar-refractivity contribution < 1.29 is 9.21 Å². The van der Waals surface area contributed by atoms with Gasteiger partial charge < -0.3 is 9.73 Å². The third kappa shape index (κ3) is 4.48. The van der Waals surface area contributed by atoms with Gasteiger partial charge in [0, 0.05) is 11.4 Å². The smallest absolute Gasteiger partial charge is 0.234 e. The molecule has 2 aromatic heterocycles. The molecule has 0 unspecified atom stereocenters. The van der Waals surface area contributed by atoms with Crippen molar-refractivity contribution in [1.82, 2.24) is 14.8 Å². The Bertz CT molecular complexity index is 1280. The zero-order valence-corrected chi connectivity index (χ0v) is 17.9. The number of carbonyl (C=O) groups is 1. The maximum Gasteiger partial charge on any atom is 0.234 e. The van der Waals surface area contributed by atoms with Gasteiger partial charge in [-0.25, -0.2) is 0 Å². The van der Waals surface area contributed by atoms with Gasteiger partial charge in [0.15, 0.2) is 11.0 Å². The molecule has 1 amide bonds. The largest absolute Gasteiger partial charge is 0.469 e. The summed E-state index contributed by atoms with van der Waals surface area (Å²) in [5, 5.41) is 21.3. The number of para-hydroxylation sites is 1. The minimum absolute atomic E-state index is 0.118. The molecule has 0 atom stereocenters. The van der Waals surface area contributed by atoms with Crippen molar-refractivity contribution in [2.45, 2.75) is 12.1 Å². The van der Waals surface area contributed by atoms with Crippen LogP contribution < -0.4 is 5.32 Å². The Balaban J connectivity index is 1.55.